The Morgan fingerprint density at radius 1 is 1.15 bits per heavy atom. The minimum Gasteiger partial charge on any atom is -0.495 e. The number of para-hydroxylation sites is 2. The Kier molecular flexibility index (Phi) is 5.40. The van der Waals surface area contributed by atoms with E-state index >= 15 is 0 Å². The van der Waals surface area contributed by atoms with Gasteiger partial charge >= 0.3 is 0 Å². The first-order chi connectivity index (χ1) is 13.0. The van der Waals surface area contributed by atoms with Crippen molar-refractivity contribution in [2.75, 3.05) is 12.4 Å². The van der Waals surface area contributed by atoms with Gasteiger partial charge in [-0.2, -0.15) is 0 Å². The van der Waals surface area contributed by atoms with Gasteiger partial charge in [0.05, 0.1) is 18.3 Å². The smallest absolute Gasteiger partial charge is 0.292 e. The van der Waals surface area contributed by atoms with Gasteiger partial charge in [0.2, 0.25) is 5.82 Å². The second-order valence-electron chi connectivity index (χ2n) is 6.18. The van der Waals surface area contributed by atoms with E-state index in [1.165, 1.54) is 7.11 Å². The predicted octanol–water partition coefficient (Wildman–Crippen LogP) is 3.12. The fourth-order valence-electron chi connectivity index (χ4n) is 2.69. The zero-order valence-corrected chi connectivity index (χ0v) is 15.5. The molecule has 3 rings (SSSR count). The lowest BCUT2D eigenvalue weighted by Crippen LogP contribution is -2.32. The monoisotopic (exact) mass is 366 g/mol. The van der Waals surface area contributed by atoms with Crippen molar-refractivity contribution in [3.8, 4) is 5.75 Å². The van der Waals surface area contributed by atoms with E-state index in [4.69, 9.17) is 4.74 Å². The fourth-order valence-corrected chi connectivity index (χ4v) is 2.69. The molecular formula is C20H22N4O3. The molecule has 2 heterocycles. The molecule has 0 fully saturated rings. The second-order valence-corrected chi connectivity index (χ2v) is 6.18. The zero-order chi connectivity index (χ0) is 19.4. The third-order valence-corrected chi connectivity index (χ3v) is 4.31. The molecule has 1 atom stereocenters. The van der Waals surface area contributed by atoms with Crippen LogP contribution < -0.4 is 15.4 Å². The summed E-state index contributed by atoms with van der Waals surface area (Å²) >= 11 is 0. The number of hydrogen-bond acceptors (Lipinski definition) is 4. The number of imidazole rings is 1. The molecule has 7 nitrogen and oxygen atoms in total. The normalized spacial score (nSPS) is 11.8. The van der Waals surface area contributed by atoms with Gasteiger partial charge in [-0.15, -0.1) is 0 Å². The van der Waals surface area contributed by atoms with Gasteiger partial charge in [-0.05, 0) is 37.6 Å². The van der Waals surface area contributed by atoms with Gasteiger partial charge in [0.15, 0.2) is 5.69 Å². The molecule has 7 heteroatoms. The van der Waals surface area contributed by atoms with Gasteiger partial charge in [-0.25, -0.2) is 4.98 Å². The average molecular weight is 366 g/mol. The highest BCUT2D eigenvalue weighted by molar-refractivity contribution is 6.06. The highest BCUT2D eigenvalue weighted by Gasteiger charge is 2.22. The third kappa shape index (κ3) is 3.76. The number of hydrogen-bond donors (Lipinski definition) is 2. The molecule has 0 spiro atoms. The maximum atomic E-state index is 12.8. The van der Waals surface area contributed by atoms with Crippen LogP contribution in [0.1, 0.15) is 41.4 Å². The van der Waals surface area contributed by atoms with Crippen molar-refractivity contribution >= 4 is 23.0 Å². The van der Waals surface area contributed by atoms with Crippen molar-refractivity contribution < 1.29 is 14.3 Å². The van der Waals surface area contributed by atoms with Gasteiger partial charge in [-0.1, -0.05) is 25.1 Å². The Balaban J connectivity index is 1.97. The SMILES string of the molecule is CCC(C)NC(=O)c1nc(C(=O)Nc2ccccc2OC)n2ccccc12. The van der Waals surface area contributed by atoms with Gasteiger partial charge in [0.1, 0.15) is 5.75 Å². The second kappa shape index (κ2) is 7.90. The molecule has 0 saturated carbocycles. The number of aromatic nitrogens is 2. The van der Waals surface area contributed by atoms with Crippen LogP contribution in [0.3, 0.4) is 0 Å². The van der Waals surface area contributed by atoms with Crippen LogP contribution in [0.15, 0.2) is 48.7 Å². The van der Waals surface area contributed by atoms with Crippen LogP contribution in [0.2, 0.25) is 0 Å². The molecule has 0 aliphatic rings. The molecule has 1 aromatic carbocycles. The Morgan fingerprint density at radius 2 is 1.89 bits per heavy atom. The summed E-state index contributed by atoms with van der Waals surface area (Å²) in [4.78, 5) is 29.7. The Morgan fingerprint density at radius 3 is 2.63 bits per heavy atom. The zero-order valence-electron chi connectivity index (χ0n) is 15.5. The first-order valence-electron chi connectivity index (χ1n) is 8.77. The van der Waals surface area contributed by atoms with E-state index in [2.05, 4.69) is 15.6 Å². The number of methoxy groups -OCH3 is 1. The summed E-state index contributed by atoms with van der Waals surface area (Å²) in [7, 11) is 1.53. The molecule has 2 aromatic heterocycles. The van der Waals surface area contributed by atoms with Crippen molar-refractivity contribution in [2.45, 2.75) is 26.3 Å². The first-order valence-corrected chi connectivity index (χ1v) is 8.77. The van der Waals surface area contributed by atoms with Crippen molar-refractivity contribution in [1.29, 1.82) is 0 Å². The van der Waals surface area contributed by atoms with Crippen LogP contribution in [0.4, 0.5) is 5.69 Å². The number of carbonyl (C=O) groups excluding carboxylic acids is 2. The van der Waals surface area contributed by atoms with E-state index in [1.807, 2.05) is 19.9 Å². The summed E-state index contributed by atoms with van der Waals surface area (Å²) in [6.07, 6.45) is 2.51. The van der Waals surface area contributed by atoms with E-state index < -0.39 is 5.91 Å². The molecule has 2 amide bonds. The van der Waals surface area contributed by atoms with Crippen LogP contribution in [0.25, 0.3) is 5.52 Å². The minimum absolute atomic E-state index is 0.0174. The Labute approximate surface area is 157 Å². The van der Waals surface area contributed by atoms with Crippen LogP contribution in [0, 0.1) is 0 Å². The van der Waals surface area contributed by atoms with Crippen molar-refractivity contribution in [2.24, 2.45) is 0 Å². The lowest BCUT2D eigenvalue weighted by atomic mass is 10.2. The largest absolute Gasteiger partial charge is 0.495 e. The van der Waals surface area contributed by atoms with Gasteiger partial charge < -0.3 is 15.4 Å². The van der Waals surface area contributed by atoms with E-state index in [1.54, 1.807) is 47.0 Å². The van der Waals surface area contributed by atoms with E-state index in [0.29, 0.717) is 17.0 Å². The number of benzene rings is 1. The Hall–Kier alpha value is -3.35. The minimum atomic E-state index is -0.428. The number of pyridine rings is 1. The number of nitrogens with one attached hydrogen (secondary N) is 2. The number of anilines is 1. The highest BCUT2D eigenvalue weighted by Crippen LogP contribution is 2.24. The van der Waals surface area contributed by atoms with Crippen molar-refractivity contribution in [1.82, 2.24) is 14.7 Å². The Bertz CT molecular complexity index is 980. The van der Waals surface area contributed by atoms with E-state index in [-0.39, 0.29) is 23.5 Å². The molecule has 140 valence electrons. The number of amides is 2. The summed E-state index contributed by atoms with van der Waals surface area (Å²) in [6.45, 7) is 3.91. The number of nitrogens with zero attached hydrogens (tertiary/aromatic N) is 2. The summed E-state index contributed by atoms with van der Waals surface area (Å²) < 4.78 is 6.87. The van der Waals surface area contributed by atoms with Gasteiger partial charge in [0, 0.05) is 12.2 Å². The summed E-state index contributed by atoms with van der Waals surface area (Å²) in [6, 6.07) is 12.5. The quantitative estimate of drug-likeness (QED) is 0.702. The summed E-state index contributed by atoms with van der Waals surface area (Å²) in [5.74, 6) is -0.0556. The molecule has 0 aliphatic heterocycles. The van der Waals surface area contributed by atoms with Crippen LogP contribution in [-0.2, 0) is 0 Å². The molecule has 2 N–H and O–H groups in total. The van der Waals surface area contributed by atoms with Crippen molar-refractivity contribution in [3.05, 3.63) is 60.2 Å². The number of carbonyl (C=O) groups is 2. The fraction of sp³-hybridized carbons (Fsp3) is 0.250. The van der Waals surface area contributed by atoms with Crippen LogP contribution >= 0.6 is 0 Å². The van der Waals surface area contributed by atoms with Gasteiger partial charge in [0.25, 0.3) is 11.8 Å². The molecular weight excluding hydrogens is 344 g/mol. The number of rotatable bonds is 6. The lowest BCUT2D eigenvalue weighted by Gasteiger charge is -2.09. The molecule has 0 bridgehead atoms. The topological polar surface area (TPSA) is 84.7 Å². The number of ether oxygens (including phenoxy) is 1. The highest BCUT2D eigenvalue weighted by atomic mass is 16.5. The average Bonchev–Trinajstić information content (AvgIpc) is 3.08. The van der Waals surface area contributed by atoms with Crippen LogP contribution in [0.5, 0.6) is 5.75 Å². The molecule has 0 aliphatic carbocycles. The van der Waals surface area contributed by atoms with Crippen molar-refractivity contribution in [3.63, 3.8) is 0 Å². The predicted molar refractivity (Wildman–Crippen MR) is 103 cm³/mol. The molecule has 0 radical (unpaired) electrons. The van der Waals surface area contributed by atoms with Gasteiger partial charge in [-0.3, -0.25) is 14.0 Å². The first kappa shape index (κ1) is 18.4. The maximum absolute atomic E-state index is 12.8. The van der Waals surface area contributed by atoms with E-state index in [9.17, 15) is 9.59 Å². The molecule has 0 saturated heterocycles. The third-order valence-electron chi connectivity index (χ3n) is 4.31. The standard InChI is InChI=1S/C20H22N4O3/c1-4-13(2)21-19(25)17-15-10-7-8-12-24(15)18(23-17)20(26)22-14-9-5-6-11-16(14)27-3/h5-13H,4H2,1-3H3,(H,21,25)(H,22,26). The summed E-state index contributed by atoms with van der Waals surface area (Å²) in [5.41, 5.74) is 1.33. The van der Waals surface area contributed by atoms with E-state index in [0.717, 1.165) is 6.42 Å². The molecule has 27 heavy (non-hydrogen) atoms. The lowest BCUT2D eigenvalue weighted by molar-refractivity contribution is 0.0936. The summed E-state index contributed by atoms with van der Waals surface area (Å²) in [5, 5.41) is 5.69. The molecule has 1 unspecified atom stereocenters. The number of fused-ring (bicyclic) bond motifs is 1. The maximum Gasteiger partial charge on any atom is 0.292 e. The van der Waals surface area contributed by atoms with Crippen LogP contribution in [-0.4, -0.2) is 34.4 Å². The molecule has 3 aromatic rings.